The average Bonchev–Trinajstić information content (AvgIpc) is 2.99. The molecular weight excluding hydrogens is 290 g/mol. The summed E-state index contributed by atoms with van der Waals surface area (Å²) in [5.41, 5.74) is 2.32. The fourth-order valence-corrected chi connectivity index (χ4v) is 3.03. The molecule has 102 valence electrons. The Kier molecular flexibility index (Phi) is 3.98. The maximum Gasteiger partial charge on any atom is 0.352 e. The zero-order valence-corrected chi connectivity index (χ0v) is 11.3. The lowest BCUT2D eigenvalue weighted by Crippen LogP contribution is -2.25. The summed E-state index contributed by atoms with van der Waals surface area (Å²) in [7, 11) is -3.70. The van der Waals surface area contributed by atoms with E-state index in [1.807, 2.05) is 5.38 Å². The van der Waals surface area contributed by atoms with Crippen molar-refractivity contribution in [3.8, 4) is 0 Å². The third kappa shape index (κ3) is 3.40. The maximum absolute atomic E-state index is 11.9. The topological polar surface area (TPSA) is 112 Å². The standard InChI is InChI=1S/C10H11N3O4S2/c14-10(15)9-3-8(4-11-9)19(16,17)13-2-1-7-5-18-6-12-7/h3-6,11,13H,1-2H2,(H,14,15). The molecule has 0 fully saturated rings. The number of sulfonamides is 1. The molecule has 0 atom stereocenters. The Bertz CT molecular complexity index is 661. The summed E-state index contributed by atoms with van der Waals surface area (Å²) in [6.45, 7) is 0.208. The van der Waals surface area contributed by atoms with E-state index in [0.29, 0.717) is 6.42 Å². The number of hydrogen-bond acceptors (Lipinski definition) is 5. The molecule has 0 aliphatic carbocycles. The molecule has 19 heavy (non-hydrogen) atoms. The van der Waals surface area contributed by atoms with Crippen LogP contribution in [-0.2, 0) is 16.4 Å². The predicted molar refractivity (Wildman–Crippen MR) is 68.8 cm³/mol. The van der Waals surface area contributed by atoms with E-state index in [2.05, 4.69) is 14.7 Å². The van der Waals surface area contributed by atoms with Gasteiger partial charge in [-0.25, -0.2) is 22.9 Å². The highest BCUT2D eigenvalue weighted by atomic mass is 32.2. The number of hydrogen-bond donors (Lipinski definition) is 3. The molecule has 3 N–H and O–H groups in total. The van der Waals surface area contributed by atoms with Crippen molar-refractivity contribution < 1.29 is 18.3 Å². The summed E-state index contributed by atoms with van der Waals surface area (Å²) >= 11 is 1.44. The summed E-state index contributed by atoms with van der Waals surface area (Å²) in [5, 5.41) is 10.6. The average molecular weight is 301 g/mol. The summed E-state index contributed by atoms with van der Waals surface area (Å²) in [5.74, 6) is -1.20. The Balaban J connectivity index is 1.99. The van der Waals surface area contributed by atoms with Crippen LogP contribution in [0.15, 0.2) is 28.0 Å². The second-order valence-electron chi connectivity index (χ2n) is 3.68. The van der Waals surface area contributed by atoms with Gasteiger partial charge in [-0.1, -0.05) is 0 Å². The van der Waals surface area contributed by atoms with E-state index >= 15 is 0 Å². The lowest BCUT2D eigenvalue weighted by molar-refractivity contribution is 0.0691. The number of carboxylic acid groups (broad SMARTS) is 1. The maximum atomic E-state index is 11.9. The molecule has 0 spiro atoms. The van der Waals surface area contributed by atoms with Gasteiger partial charge in [-0.05, 0) is 6.07 Å². The zero-order valence-electron chi connectivity index (χ0n) is 9.66. The number of thiazole rings is 1. The van der Waals surface area contributed by atoms with Crippen LogP contribution in [0, 0.1) is 0 Å². The molecule has 9 heteroatoms. The second-order valence-corrected chi connectivity index (χ2v) is 6.17. The number of aromatic amines is 1. The van der Waals surface area contributed by atoms with Crippen LogP contribution in [0.1, 0.15) is 16.2 Å². The Morgan fingerprint density at radius 3 is 2.89 bits per heavy atom. The first kappa shape index (κ1) is 13.7. The molecule has 0 aliphatic heterocycles. The van der Waals surface area contributed by atoms with Crippen LogP contribution in [0.5, 0.6) is 0 Å². The smallest absolute Gasteiger partial charge is 0.352 e. The van der Waals surface area contributed by atoms with Gasteiger partial charge in [0.2, 0.25) is 10.0 Å². The van der Waals surface area contributed by atoms with Gasteiger partial charge in [-0.3, -0.25) is 0 Å². The van der Waals surface area contributed by atoms with Gasteiger partial charge in [0.15, 0.2) is 0 Å². The van der Waals surface area contributed by atoms with E-state index in [4.69, 9.17) is 5.11 Å². The Hall–Kier alpha value is -1.71. The highest BCUT2D eigenvalue weighted by Crippen LogP contribution is 2.10. The van der Waals surface area contributed by atoms with Crippen molar-refractivity contribution >= 4 is 27.3 Å². The normalized spacial score (nSPS) is 11.6. The molecule has 0 saturated carbocycles. The molecule has 0 unspecified atom stereocenters. The number of aromatic carboxylic acids is 1. The summed E-state index contributed by atoms with van der Waals surface area (Å²) in [6, 6.07) is 1.08. The Labute approximate surface area is 113 Å². The predicted octanol–water partition coefficient (Wildman–Crippen LogP) is 0.690. The number of H-pyrrole nitrogens is 1. The van der Waals surface area contributed by atoms with Crippen LogP contribution in [-0.4, -0.2) is 36.0 Å². The van der Waals surface area contributed by atoms with Crippen LogP contribution in [0.25, 0.3) is 0 Å². The number of carbonyl (C=O) groups is 1. The van der Waals surface area contributed by atoms with Crippen molar-refractivity contribution in [2.45, 2.75) is 11.3 Å². The van der Waals surface area contributed by atoms with Crippen LogP contribution in [0.4, 0.5) is 0 Å². The number of carboxylic acids is 1. The SMILES string of the molecule is O=C(O)c1cc(S(=O)(=O)NCCc2cscn2)c[nH]1. The highest BCUT2D eigenvalue weighted by Gasteiger charge is 2.17. The first-order chi connectivity index (χ1) is 8.99. The third-order valence-electron chi connectivity index (χ3n) is 2.35. The van der Waals surface area contributed by atoms with Crippen molar-refractivity contribution in [3.05, 3.63) is 34.5 Å². The monoisotopic (exact) mass is 301 g/mol. The number of nitrogens with one attached hydrogen (secondary N) is 2. The van der Waals surface area contributed by atoms with E-state index in [1.54, 1.807) is 5.51 Å². The second kappa shape index (κ2) is 5.51. The van der Waals surface area contributed by atoms with Gasteiger partial charge in [-0.15, -0.1) is 11.3 Å². The van der Waals surface area contributed by atoms with Gasteiger partial charge in [0.05, 0.1) is 11.2 Å². The number of rotatable bonds is 6. The molecule has 2 rings (SSSR count). The molecule has 2 aromatic rings. The van der Waals surface area contributed by atoms with E-state index in [-0.39, 0.29) is 17.1 Å². The van der Waals surface area contributed by atoms with E-state index in [1.165, 1.54) is 11.3 Å². The highest BCUT2D eigenvalue weighted by molar-refractivity contribution is 7.89. The third-order valence-corrected chi connectivity index (χ3v) is 4.43. The zero-order chi connectivity index (χ0) is 13.9. The van der Waals surface area contributed by atoms with Gasteiger partial charge in [0, 0.05) is 24.5 Å². The molecule has 0 amide bonds. The van der Waals surface area contributed by atoms with Crippen molar-refractivity contribution in [1.82, 2.24) is 14.7 Å². The molecule has 0 saturated heterocycles. The van der Waals surface area contributed by atoms with Gasteiger partial charge < -0.3 is 10.1 Å². The van der Waals surface area contributed by atoms with E-state index in [9.17, 15) is 13.2 Å². The minimum Gasteiger partial charge on any atom is -0.477 e. The van der Waals surface area contributed by atoms with Crippen molar-refractivity contribution in [1.29, 1.82) is 0 Å². The summed E-state index contributed by atoms with van der Waals surface area (Å²) in [6.07, 6.45) is 1.63. The van der Waals surface area contributed by atoms with E-state index in [0.717, 1.165) is 18.0 Å². The largest absolute Gasteiger partial charge is 0.477 e. The van der Waals surface area contributed by atoms with Crippen LogP contribution < -0.4 is 4.72 Å². The first-order valence-corrected chi connectivity index (χ1v) is 7.70. The number of aromatic nitrogens is 2. The molecule has 0 aliphatic rings. The molecule has 0 radical (unpaired) electrons. The van der Waals surface area contributed by atoms with Crippen molar-refractivity contribution in [2.75, 3.05) is 6.54 Å². The Morgan fingerprint density at radius 2 is 2.32 bits per heavy atom. The van der Waals surface area contributed by atoms with Gasteiger partial charge in [0.1, 0.15) is 10.6 Å². The Morgan fingerprint density at radius 1 is 1.53 bits per heavy atom. The summed E-state index contributed by atoms with van der Waals surface area (Å²) < 4.78 is 26.1. The molecule has 0 bridgehead atoms. The van der Waals surface area contributed by atoms with Crippen molar-refractivity contribution in [3.63, 3.8) is 0 Å². The quantitative estimate of drug-likeness (QED) is 0.726. The van der Waals surface area contributed by atoms with Gasteiger partial charge in [-0.2, -0.15) is 0 Å². The van der Waals surface area contributed by atoms with E-state index < -0.39 is 16.0 Å². The van der Waals surface area contributed by atoms with Gasteiger partial charge in [0.25, 0.3) is 0 Å². The first-order valence-electron chi connectivity index (χ1n) is 5.27. The minimum absolute atomic E-state index is 0.0943. The number of nitrogens with zero attached hydrogens (tertiary/aromatic N) is 1. The fraction of sp³-hybridized carbons (Fsp3) is 0.200. The molecular formula is C10H11N3O4S2. The van der Waals surface area contributed by atoms with Crippen molar-refractivity contribution in [2.24, 2.45) is 0 Å². The van der Waals surface area contributed by atoms with Gasteiger partial charge >= 0.3 is 5.97 Å². The minimum atomic E-state index is -3.70. The lowest BCUT2D eigenvalue weighted by Gasteiger charge is -2.03. The lowest BCUT2D eigenvalue weighted by atomic mass is 10.3. The molecule has 2 heterocycles. The molecule has 7 nitrogen and oxygen atoms in total. The van der Waals surface area contributed by atoms with Crippen LogP contribution in [0.3, 0.4) is 0 Å². The van der Waals surface area contributed by atoms with Crippen LogP contribution >= 0.6 is 11.3 Å². The van der Waals surface area contributed by atoms with Crippen LogP contribution in [0.2, 0.25) is 0 Å². The molecule has 0 aromatic carbocycles. The molecule has 2 aromatic heterocycles. The summed E-state index contributed by atoms with van der Waals surface area (Å²) in [4.78, 5) is 17.0. The fourth-order valence-electron chi connectivity index (χ4n) is 1.41.